The second-order valence-electron chi connectivity index (χ2n) is 5.58. The van der Waals surface area contributed by atoms with Crippen molar-refractivity contribution in [3.05, 3.63) is 35.6 Å². The third-order valence-corrected chi connectivity index (χ3v) is 5.18. The van der Waals surface area contributed by atoms with Crippen molar-refractivity contribution in [1.29, 1.82) is 0 Å². The van der Waals surface area contributed by atoms with Crippen molar-refractivity contribution < 1.29 is 14.0 Å². The van der Waals surface area contributed by atoms with Crippen LogP contribution in [0.4, 0.5) is 9.18 Å². The van der Waals surface area contributed by atoms with Crippen molar-refractivity contribution >= 4 is 23.7 Å². The largest absolute Gasteiger partial charge is 0.338 e. The molecule has 1 fully saturated rings. The lowest BCUT2D eigenvalue weighted by Crippen LogP contribution is -2.44. The van der Waals surface area contributed by atoms with Gasteiger partial charge in [0, 0.05) is 31.7 Å². The second-order valence-corrected chi connectivity index (χ2v) is 6.65. The normalized spacial score (nSPS) is 17.2. The molecule has 1 saturated heterocycles. The smallest absolute Gasteiger partial charge is 0.317 e. The van der Waals surface area contributed by atoms with E-state index in [1.54, 1.807) is 28.0 Å². The number of rotatable bonds is 7. The van der Waals surface area contributed by atoms with Crippen molar-refractivity contribution in [2.75, 3.05) is 31.9 Å². The Morgan fingerprint density at radius 3 is 2.83 bits per heavy atom. The number of likely N-dealkylation sites (N-methyl/N-ethyl adjacent to an activating group) is 1. The van der Waals surface area contributed by atoms with Crippen molar-refractivity contribution in [2.24, 2.45) is 0 Å². The highest BCUT2D eigenvalue weighted by molar-refractivity contribution is 8.00. The Balaban J connectivity index is 2.02. The Labute approximate surface area is 146 Å². The summed E-state index contributed by atoms with van der Waals surface area (Å²) in [7, 11) is 0. The van der Waals surface area contributed by atoms with Gasteiger partial charge in [0.1, 0.15) is 11.2 Å². The van der Waals surface area contributed by atoms with E-state index < -0.39 is 0 Å². The fourth-order valence-electron chi connectivity index (χ4n) is 2.60. The fraction of sp³-hybridized carbons (Fsp3) is 0.529. The molecule has 24 heavy (non-hydrogen) atoms. The number of thioether (sulfide) groups is 1. The van der Waals surface area contributed by atoms with Crippen LogP contribution in [0, 0.1) is 5.82 Å². The van der Waals surface area contributed by atoms with Gasteiger partial charge in [0.05, 0.1) is 5.75 Å². The number of carbonyl (C=O) groups excluding carboxylic acids is 2. The molecule has 5 nitrogen and oxygen atoms in total. The summed E-state index contributed by atoms with van der Waals surface area (Å²) in [6.07, 6.45) is 0.875. The topological polar surface area (TPSA) is 52.7 Å². The minimum absolute atomic E-state index is 0.0155. The van der Waals surface area contributed by atoms with E-state index in [0.717, 1.165) is 6.42 Å². The van der Waals surface area contributed by atoms with Crippen LogP contribution in [0.1, 0.15) is 31.2 Å². The average molecular weight is 353 g/mol. The molecule has 1 heterocycles. The highest BCUT2D eigenvalue weighted by atomic mass is 32.2. The molecule has 1 aromatic carbocycles. The summed E-state index contributed by atoms with van der Waals surface area (Å²) in [5, 5.41) is 2.52. The summed E-state index contributed by atoms with van der Waals surface area (Å²) in [6.45, 7) is 5.93. The van der Waals surface area contributed by atoms with Crippen LogP contribution >= 0.6 is 11.8 Å². The average Bonchev–Trinajstić information content (AvgIpc) is 2.94. The molecule has 0 radical (unpaired) electrons. The number of nitrogens with one attached hydrogen (secondary N) is 1. The van der Waals surface area contributed by atoms with Crippen LogP contribution in [0.5, 0.6) is 0 Å². The number of nitrogens with zero attached hydrogens (tertiary/aromatic N) is 2. The standard InChI is InChI=1S/C17H24FN3O2S/c1-3-9-19-17(23)20(4-2)10-11-21-15(22)12-24-16(21)13-7-5-6-8-14(13)18/h5-8,16H,3-4,9-12H2,1-2H3,(H,19,23)/t16-/m1/s1. The van der Waals surface area contributed by atoms with E-state index in [-0.39, 0.29) is 23.1 Å². The summed E-state index contributed by atoms with van der Waals surface area (Å²) in [5.74, 6) is 0.0219. The van der Waals surface area contributed by atoms with Gasteiger partial charge in [0.2, 0.25) is 5.91 Å². The van der Waals surface area contributed by atoms with Gasteiger partial charge in [-0.15, -0.1) is 11.8 Å². The number of amides is 3. The van der Waals surface area contributed by atoms with E-state index in [9.17, 15) is 14.0 Å². The van der Waals surface area contributed by atoms with Crippen LogP contribution in [0.15, 0.2) is 24.3 Å². The maximum Gasteiger partial charge on any atom is 0.317 e. The highest BCUT2D eigenvalue weighted by Gasteiger charge is 2.34. The van der Waals surface area contributed by atoms with E-state index in [0.29, 0.717) is 37.5 Å². The van der Waals surface area contributed by atoms with Crippen molar-refractivity contribution in [3.63, 3.8) is 0 Å². The van der Waals surface area contributed by atoms with Crippen LogP contribution in [0.2, 0.25) is 0 Å². The fourth-order valence-corrected chi connectivity index (χ4v) is 3.84. The van der Waals surface area contributed by atoms with E-state index in [1.165, 1.54) is 17.8 Å². The summed E-state index contributed by atoms with van der Waals surface area (Å²) < 4.78 is 14.0. The zero-order chi connectivity index (χ0) is 17.5. The molecule has 1 atom stereocenters. The Morgan fingerprint density at radius 1 is 1.42 bits per heavy atom. The number of benzene rings is 1. The summed E-state index contributed by atoms with van der Waals surface area (Å²) in [5.41, 5.74) is 0.520. The zero-order valence-electron chi connectivity index (χ0n) is 14.1. The maximum atomic E-state index is 14.0. The molecular formula is C17H24FN3O2S. The number of hydrogen-bond donors (Lipinski definition) is 1. The van der Waals surface area contributed by atoms with Gasteiger partial charge in [-0.2, -0.15) is 0 Å². The molecule has 2 rings (SSSR count). The predicted octanol–water partition coefficient (Wildman–Crippen LogP) is 2.84. The molecule has 0 saturated carbocycles. The maximum absolute atomic E-state index is 14.0. The van der Waals surface area contributed by atoms with E-state index in [4.69, 9.17) is 0 Å². The Hall–Kier alpha value is -1.76. The first-order valence-corrected chi connectivity index (χ1v) is 9.31. The zero-order valence-corrected chi connectivity index (χ0v) is 14.9. The minimum atomic E-state index is -0.323. The number of urea groups is 1. The summed E-state index contributed by atoms with van der Waals surface area (Å²) in [6, 6.07) is 6.41. The molecule has 1 aliphatic rings. The molecule has 0 aromatic heterocycles. The molecule has 0 unspecified atom stereocenters. The van der Waals surface area contributed by atoms with Crippen molar-refractivity contribution in [2.45, 2.75) is 25.6 Å². The molecule has 0 aliphatic carbocycles. The van der Waals surface area contributed by atoms with Crippen LogP contribution in [0.25, 0.3) is 0 Å². The molecule has 0 spiro atoms. The van der Waals surface area contributed by atoms with Gasteiger partial charge in [0.25, 0.3) is 0 Å². The van der Waals surface area contributed by atoms with Gasteiger partial charge in [-0.25, -0.2) is 9.18 Å². The molecule has 1 aliphatic heterocycles. The highest BCUT2D eigenvalue weighted by Crippen LogP contribution is 2.39. The van der Waals surface area contributed by atoms with Gasteiger partial charge >= 0.3 is 6.03 Å². The predicted molar refractivity (Wildman–Crippen MR) is 94.2 cm³/mol. The molecule has 3 amide bonds. The van der Waals surface area contributed by atoms with Gasteiger partial charge in [-0.1, -0.05) is 25.1 Å². The molecule has 132 valence electrons. The lowest BCUT2D eigenvalue weighted by Gasteiger charge is -2.28. The molecule has 1 N–H and O–H groups in total. The van der Waals surface area contributed by atoms with Gasteiger partial charge in [-0.05, 0) is 19.4 Å². The SMILES string of the molecule is CCCNC(=O)N(CC)CCN1C(=O)CS[C@@H]1c1ccccc1F. The summed E-state index contributed by atoms with van der Waals surface area (Å²) in [4.78, 5) is 27.6. The van der Waals surface area contributed by atoms with Crippen LogP contribution in [-0.4, -0.2) is 53.7 Å². The van der Waals surface area contributed by atoms with E-state index in [1.807, 2.05) is 13.8 Å². The minimum Gasteiger partial charge on any atom is -0.338 e. The van der Waals surface area contributed by atoms with Crippen LogP contribution < -0.4 is 5.32 Å². The van der Waals surface area contributed by atoms with E-state index in [2.05, 4.69) is 5.32 Å². The second kappa shape index (κ2) is 8.92. The molecule has 7 heteroatoms. The van der Waals surface area contributed by atoms with Crippen molar-refractivity contribution in [1.82, 2.24) is 15.1 Å². The van der Waals surface area contributed by atoms with Crippen LogP contribution in [0.3, 0.4) is 0 Å². The lowest BCUT2D eigenvalue weighted by molar-refractivity contribution is -0.128. The first kappa shape index (κ1) is 18.6. The Morgan fingerprint density at radius 2 is 2.17 bits per heavy atom. The number of carbonyl (C=O) groups is 2. The number of hydrogen-bond acceptors (Lipinski definition) is 3. The molecule has 0 bridgehead atoms. The van der Waals surface area contributed by atoms with Crippen LogP contribution in [-0.2, 0) is 4.79 Å². The molecule has 1 aromatic rings. The monoisotopic (exact) mass is 353 g/mol. The van der Waals surface area contributed by atoms with Gasteiger partial charge in [-0.3, -0.25) is 4.79 Å². The third kappa shape index (κ3) is 4.41. The van der Waals surface area contributed by atoms with Crippen molar-refractivity contribution in [3.8, 4) is 0 Å². The lowest BCUT2D eigenvalue weighted by atomic mass is 10.2. The van der Waals surface area contributed by atoms with Gasteiger partial charge in [0.15, 0.2) is 0 Å². The number of halogens is 1. The first-order chi connectivity index (χ1) is 11.6. The molecular weight excluding hydrogens is 329 g/mol. The van der Waals surface area contributed by atoms with Gasteiger partial charge < -0.3 is 15.1 Å². The summed E-state index contributed by atoms with van der Waals surface area (Å²) >= 11 is 1.42. The quantitative estimate of drug-likeness (QED) is 0.820. The first-order valence-electron chi connectivity index (χ1n) is 8.26. The third-order valence-electron chi connectivity index (χ3n) is 3.95. The van der Waals surface area contributed by atoms with E-state index >= 15 is 0 Å². The Bertz CT molecular complexity index is 585. The Kier molecular flexibility index (Phi) is 6.90.